The maximum Gasteiger partial charge on any atom is 0.123 e. The van der Waals surface area contributed by atoms with Crippen LogP contribution in [-0.4, -0.2) is 4.83 Å². The lowest BCUT2D eigenvalue weighted by Crippen LogP contribution is -2.20. The van der Waals surface area contributed by atoms with E-state index in [1.165, 1.54) is 6.07 Å². The molecule has 0 aromatic heterocycles. The summed E-state index contributed by atoms with van der Waals surface area (Å²) in [6.45, 7) is 6.62. The molecule has 0 aliphatic carbocycles. The van der Waals surface area contributed by atoms with E-state index in [-0.39, 0.29) is 11.2 Å². The Hall–Kier alpha value is -0.370. The largest absolute Gasteiger partial charge is 0.207 e. The highest BCUT2D eigenvalue weighted by Gasteiger charge is 2.21. The van der Waals surface area contributed by atoms with Crippen molar-refractivity contribution in [2.45, 2.75) is 38.4 Å². The molecule has 1 aromatic carbocycles. The quantitative estimate of drug-likeness (QED) is 0.708. The van der Waals surface area contributed by atoms with Gasteiger partial charge in [0.15, 0.2) is 0 Å². The molecule has 15 heavy (non-hydrogen) atoms. The van der Waals surface area contributed by atoms with E-state index in [0.29, 0.717) is 4.83 Å². The molecule has 1 atom stereocenters. The molecule has 0 saturated carbocycles. The van der Waals surface area contributed by atoms with E-state index in [0.717, 1.165) is 18.4 Å². The highest BCUT2D eigenvalue weighted by Crippen LogP contribution is 2.29. The number of benzene rings is 1. The second kappa shape index (κ2) is 5.11. The molecule has 1 rings (SSSR count). The van der Waals surface area contributed by atoms with Crippen LogP contribution in [0.4, 0.5) is 4.39 Å². The van der Waals surface area contributed by atoms with Crippen LogP contribution >= 0.6 is 15.9 Å². The summed E-state index contributed by atoms with van der Waals surface area (Å²) < 4.78 is 12.9. The van der Waals surface area contributed by atoms with E-state index in [2.05, 4.69) is 36.7 Å². The van der Waals surface area contributed by atoms with Crippen molar-refractivity contribution in [2.75, 3.05) is 0 Å². The van der Waals surface area contributed by atoms with Crippen LogP contribution < -0.4 is 0 Å². The molecule has 0 fully saturated rings. The second-order valence-electron chi connectivity index (χ2n) is 5.00. The first kappa shape index (κ1) is 12.7. The lowest BCUT2D eigenvalue weighted by atomic mass is 9.89. The Morgan fingerprint density at radius 2 is 2.00 bits per heavy atom. The van der Waals surface area contributed by atoms with Gasteiger partial charge in [0.25, 0.3) is 0 Å². The van der Waals surface area contributed by atoms with Crippen molar-refractivity contribution in [3.63, 3.8) is 0 Å². The molecule has 1 unspecified atom stereocenters. The SMILES string of the molecule is CC(C)(C)C(Br)CCc1cccc(F)c1. The summed E-state index contributed by atoms with van der Waals surface area (Å²) in [5, 5.41) is 0. The fourth-order valence-corrected chi connectivity index (χ4v) is 1.65. The number of aryl methyl sites for hydroxylation is 1. The maximum atomic E-state index is 12.9. The number of halogens is 2. The Balaban J connectivity index is 2.51. The average Bonchev–Trinajstić information content (AvgIpc) is 2.12. The molecular formula is C13H18BrF. The van der Waals surface area contributed by atoms with Crippen LogP contribution in [0.3, 0.4) is 0 Å². The van der Waals surface area contributed by atoms with Gasteiger partial charge in [-0.25, -0.2) is 4.39 Å². The summed E-state index contributed by atoms with van der Waals surface area (Å²) in [4.78, 5) is 0.466. The predicted octanol–water partition coefficient (Wildman–Crippen LogP) is 4.57. The molecule has 2 heteroatoms. The molecule has 0 spiro atoms. The van der Waals surface area contributed by atoms with Crippen molar-refractivity contribution in [3.05, 3.63) is 35.6 Å². The van der Waals surface area contributed by atoms with Gasteiger partial charge in [0.2, 0.25) is 0 Å². The van der Waals surface area contributed by atoms with Crippen molar-refractivity contribution in [1.29, 1.82) is 0 Å². The van der Waals surface area contributed by atoms with Crippen LogP contribution in [0.15, 0.2) is 24.3 Å². The zero-order valence-corrected chi connectivity index (χ0v) is 11.1. The lowest BCUT2D eigenvalue weighted by molar-refractivity contribution is 0.385. The minimum absolute atomic E-state index is 0.144. The molecule has 1 aromatic rings. The molecular weight excluding hydrogens is 255 g/mol. The number of rotatable bonds is 3. The summed E-state index contributed by atoms with van der Waals surface area (Å²) in [6, 6.07) is 6.84. The summed E-state index contributed by atoms with van der Waals surface area (Å²) in [5.74, 6) is -0.144. The lowest BCUT2D eigenvalue weighted by Gasteiger charge is -2.25. The minimum atomic E-state index is -0.144. The van der Waals surface area contributed by atoms with E-state index < -0.39 is 0 Å². The third kappa shape index (κ3) is 4.33. The number of alkyl halides is 1. The van der Waals surface area contributed by atoms with Gasteiger partial charge in [0, 0.05) is 4.83 Å². The van der Waals surface area contributed by atoms with Gasteiger partial charge < -0.3 is 0 Å². The zero-order valence-electron chi connectivity index (χ0n) is 9.56. The third-order valence-corrected chi connectivity index (χ3v) is 4.35. The van der Waals surface area contributed by atoms with Crippen LogP contribution in [0.25, 0.3) is 0 Å². The second-order valence-corrected chi connectivity index (χ2v) is 6.11. The first-order valence-corrected chi connectivity index (χ1v) is 6.19. The highest BCUT2D eigenvalue weighted by molar-refractivity contribution is 9.09. The Morgan fingerprint density at radius 1 is 1.33 bits per heavy atom. The maximum absolute atomic E-state index is 12.9. The monoisotopic (exact) mass is 272 g/mol. The van der Waals surface area contributed by atoms with Crippen molar-refractivity contribution < 1.29 is 4.39 Å². The van der Waals surface area contributed by atoms with Crippen molar-refractivity contribution in [2.24, 2.45) is 5.41 Å². The fourth-order valence-electron chi connectivity index (χ4n) is 1.42. The molecule has 0 heterocycles. The predicted molar refractivity (Wildman–Crippen MR) is 66.9 cm³/mol. The van der Waals surface area contributed by atoms with E-state index in [4.69, 9.17) is 0 Å². The number of hydrogen-bond donors (Lipinski definition) is 0. The Labute approximate surface area is 100 Å². The van der Waals surface area contributed by atoms with Gasteiger partial charge in [0.1, 0.15) is 5.82 Å². The highest BCUT2D eigenvalue weighted by atomic mass is 79.9. The molecule has 0 amide bonds. The topological polar surface area (TPSA) is 0 Å². The number of hydrogen-bond acceptors (Lipinski definition) is 0. The fraction of sp³-hybridized carbons (Fsp3) is 0.538. The Kier molecular flexibility index (Phi) is 4.32. The van der Waals surface area contributed by atoms with E-state index in [9.17, 15) is 4.39 Å². The average molecular weight is 273 g/mol. The van der Waals surface area contributed by atoms with Gasteiger partial charge >= 0.3 is 0 Å². The van der Waals surface area contributed by atoms with E-state index in [1.807, 2.05) is 6.07 Å². The molecule has 0 aliphatic heterocycles. The van der Waals surface area contributed by atoms with Crippen LogP contribution in [0, 0.1) is 11.2 Å². The normalized spacial score (nSPS) is 13.9. The molecule has 0 N–H and O–H groups in total. The van der Waals surface area contributed by atoms with Gasteiger partial charge in [-0.2, -0.15) is 0 Å². The molecule has 0 radical (unpaired) electrons. The summed E-state index contributed by atoms with van der Waals surface area (Å²) in [7, 11) is 0. The minimum Gasteiger partial charge on any atom is -0.207 e. The van der Waals surface area contributed by atoms with Crippen LogP contribution in [-0.2, 0) is 6.42 Å². The molecule has 84 valence electrons. The molecule has 0 bridgehead atoms. The van der Waals surface area contributed by atoms with Crippen LogP contribution in [0.1, 0.15) is 32.8 Å². The molecule has 0 aliphatic rings. The summed E-state index contributed by atoms with van der Waals surface area (Å²) >= 11 is 3.68. The summed E-state index contributed by atoms with van der Waals surface area (Å²) in [6.07, 6.45) is 1.96. The Bertz CT molecular complexity index is 315. The first-order chi connectivity index (χ1) is 6.89. The molecule has 0 saturated heterocycles. The van der Waals surface area contributed by atoms with Gasteiger partial charge in [-0.1, -0.05) is 48.8 Å². The van der Waals surface area contributed by atoms with Gasteiger partial charge in [-0.15, -0.1) is 0 Å². The van der Waals surface area contributed by atoms with Gasteiger partial charge in [0.05, 0.1) is 0 Å². The summed E-state index contributed by atoms with van der Waals surface area (Å²) in [5.41, 5.74) is 1.33. The van der Waals surface area contributed by atoms with E-state index >= 15 is 0 Å². The third-order valence-electron chi connectivity index (χ3n) is 2.52. The smallest absolute Gasteiger partial charge is 0.123 e. The van der Waals surface area contributed by atoms with Crippen molar-refractivity contribution in [3.8, 4) is 0 Å². The van der Waals surface area contributed by atoms with Gasteiger partial charge in [-0.05, 0) is 36.0 Å². The van der Waals surface area contributed by atoms with Crippen molar-refractivity contribution >= 4 is 15.9 Å². The zero-order chi connectivity index (χ0) is 11.5. The molecule has 0 nitrogen and oxygen atoms in total. The van der Waals surface area contributed by atoms with Crippen LogP contribution in [0.5, 0.6) is 0 Å². The first-order valence-electron chi connectivity index (χ1n) is 5.28. The Morgan fingerprint density at radius 3 is 2.53 bits per heavy atom. The van der Waals surface area contributed by atoms with E-state index in [1.54, 1.807) is 12.1 Å². The van der Waals surface area contributed by atoms with Crippen molar-refractivity contribution in [1.82, 2.24) is 0 Å². The van der Waals surface area contributed by atoms with Crippen LogP contribution in [0.2, 0.25) is 0 Å². The van der Waals surface area contributed by atoms with Gasteiger partial charge in [-0.3, -0.25) is 0 Å². The standard InChI is InChI=1S/C13H18BrF/c1-13(2,3)12(14)8-7-10-5-4-6-11(15)9-10/h4-6,9,12H,7-8H2,1-3H3.